The molecule has 37 heavy (non-hydrogen) atoms. The second-order valence-electron chi connectivity index (χ2n) is 8.89. The topological polar surface area (TPSA) is 93.3 Å². The minimum Gasteiger partial charge on any atom is -0.469 e. The van der Waals surface area contributed by atoms with Crippen molar-refractivity contribution in [1.29, 1.82) is 0 Å². The second kappa shape index (κ2) is 11.3. The van der Waals surface area contributed by atoms with E-state index in [1.807, 2.05) is 29.2 Å². The Labute approximate surface area is 227 Å². The highest BCUT2D eigenvalue weighted by Gasteiger charge is 2.28. The Bertz CT molecular complexity index is 1380. The lowest BCUT2D eigenvalue weighted by atomic mass is 9.89. The summed E-state index contributed by atoms with van der Waals surface area (Å²) in [4.78, 5) is 31.7. The summed E-state index contributed by atoms with van der Waals surface area (Å²) in [5.41, 5.74) is 2.39. The lowest BCUT2D eigenvalue weighted by Gasteiger charge is -2.32. The van der Waals surface area contributed by atoms with Gasteiger partial charge in [0.05, 0.1) is 11.3 Å². The van der Waals surface area contributed by atoms with Crippen molar-refractivity contribution in [2.24, 2.45) is 0 Å². The number of rotatable bonds is 7. The quantitative estimate of drug-likeness (QED) is 0.294. The van der Waals surface area contributed by atoms with E-state index < -0.39 is 0 Å². The van der Waals surface area contributed by atoms with Gasteiger partial charge in [0, 0.05) is 43.9 Å². The summed E-state index contributed by atoms with van der Waals surface area (Å²) in [5, 5.41) is 7.74. The first-order chi connectivity index (χ1) is 18.0. The van der Waals surface area contributed by atoms with Crippen molar-refractivity contribution < 1.29 is 14.0 Å². The van der Waals surface area contributed by atoms with Crippen molar-refractivity contribution in [3.8, 4) is 5.82 Å². The largest absolute Gasteiger partial charge is 0.469 e. The Hall–Kier alpha value is -3.43. The molecule has 0 saturated carbocycles. The highest BCUT2D eigenvalue weighted by molar-refractivity contribution is 9.10. The van der Waals surface area contributed by atoms with Crippen LogP contribution in [0.2, 0.25) is 5.02 Å². The zero-order valence-electron chi connectivity index (χ0n) is 19.9. The van der Waals surface area contributed by atoms with Crippen molar-refractivity contribution >= 4 is 45.0 Å². The number of likely N-dealkylation sites (tertiary alicyclic amines) is 1. The summed E-state index contributed by atoms with van der Waals surface area (Å²) in [6.45, 7) is 1.26. The zero-order chi connectivity index (χ0) is 25.8. The van der Waals surface area contributed by atoms with Gasteiger partial charge in [0.25, 0.3) is 5.91 Å². The normalized spacial score (nSPS) is 14.1. The molecule has 1 aromatic carbocycles. The summed E-state index contributed by atoms with van der Waals surface area (Å²) in [6, 6.07) is 16.8. The summed E-state index contributed by atoms with van der Waals surface area (Å²) in [7, 11) is 0. The summed E-state index contributed by atoms with van der Waals surface area (Å²) >= 11 is 9.67. The zero-order valence-corrected chi connectivity index (χ0v) is 22.3. The van der Waals surface area contributed by atoms with E-state index in [0.717, 1.165) is 24.3 Å². The third-order valence-electron chi connectivity index (χ3n) is 6.46. The Morgan fingerprint density at radius 1 is 1.11 bits per heavy atom. The number of hydrogen-bond acceptors (Lipinski definition) is 5. The van der Waals surface area contributed by atoms with Gasteiger partial charge in [-0.3, -0.25) is 9.59 Å². The number of furan rings is 1. The molecule has 0 bridgehead atoms. The van der Waals surface area contributed by atoms with E-state index in [4.69, 9.17) is 16.0 Å². The smallest absolute Gasteiger partial charge is 0.272 e. The number of aryl methyl sites for hydroxylation is 1. The fourth-order valence-electron chi connectivity index (χ4n) is 4.53. The number of aromatic nitrogens is 3. The number of benzene rings is 1. The number of hydrogen-bond donors (Lipinski definition) is 1. The molecule has 0 unspecified atom stereocenters. The van der Waals surface area contributed by atoms with E-state index >= 15 is 0 Å². The van der Waals surface area contributed by atoms with Crippen LogP contribution in [0.25, 0.3) is 5.82 Å². The van der Waals surface area contributed by atoms with E-state index in [0.29, 0.717) is 53.0 Å². The highest BCUT2D eigenvalue weighted by atomic mass is 79.9. The summed E-state index contributed by atoms with van der Waals surface area (Å²) in [6.07, 6.45) is 5.86. The molecule has 1 saturated heterocycles. The molecule has 1 aliphatic heterocycles. The Kier molecular flexibility index (Phi) is 7.71. The minimum atomic E-state index is -0.106. The lowest BCUT2D eigenvalue weighted by molar-refractivity contribution is -0.116. The number of pyridine rings is 1. The third-order valence-corrected chi connectivity index (χ3v) is 7.15. The minimum absolute atomic E-state index is 0.0474. The summed E-state index contributed by atoms with van der Waals surface area (Å²) < 4.78 is 7.31. The van der Waals surface area contributed by atoms with Gasteiger partial charge in [0.2, 0.25) is 5.91 Å². The third kappa shape index (κ3) is 5.94. The van der Waals surface area contributed by atoms with Crippen molar-refractivity contribution in [2.45, 2.75) is 31.6 Å². The van der Waals surface area contributed by atoms with E-state index in [1.165, 1.54) is 10.2 Å². The molecule has 8 nitrogen and oxygen atoms in total. The SMILES string of the molecule is O=C(CCc1ccco1)Nc1ccc(C2CCN(C(=O)c3cc(Br)nn3-c3ncccc3Cl)CC2)cc1. The maximum atomic E-state index is 13.4. The molecule has 0 aliphatic carbocycles. The number of amides is 2. The van der Waals surface area contributed by atoms with E-state index in [2.05, 4.69) is 43.5 Å². The Morgan fingerprint density at radius 3 is 2.59 bits per heavy atom. The first kappa shape index (κ1) is 25.2. The first-order valence-corrected chi connectivity index (χ1v) is 13.2. The van der Waals surface area contributed by atoms with Crippen LogP contribution in [0, 0.1) is 0 Å². The number of nitrogens with zero attached hydrogens (tertiary/aromatic N) is 4. The fraction of sp³-hybridized carbons (Fsp3) is 0.259. The number of carbonyl (C=O) groups excluding carboxylic acids is 2. The van der Waals surface area contributed by atoms with E-state index in [1.54, 1.807) is 30.7 Å². The van der Waals surface area contributed by atoms with Crippen LogP contribution in [0.5, 0.6) is 0 Å². The molecule has 3 aromatic heterocycles. The predicted molar refractivity (Wildman–Crippen MR) is 144 cm³/mol. The average Bonchev–Trinajstić information content (AvgIpc) is 3.58. The molecule has 1 N–H and O–H groups in total. The Morgan fingerprint density at radius 2 is 1.89 bits per heavy atom. The van der Waals surface area contributed by atoms with Crippen LogP contribution in [0.3, 0.4) is 0 Å². The van der Waals surface area contributed by atoms with Gasteiger partial charge in [0.15, 0.2) is 5.82 Å². The maximum absolute atomic E-state index is 13.4. The molecule has 2 amide bonds. The number of nitrogens with one attached hydrogen (secondary N) is 1. The van der Waals surface area contributed by atoms with Crippen molar-refractivity contribution in [3.05, 3.63) is 93.7 Å². The maximum Gasteiger partial charge on any atom is 0.272 e. The van der Waals surface area contributed by atoms with Crippen molar-refractivity contribution in [3.63, 3.8) is 0 Å². The number of piperidine rings is 1. The molecule has 10 heteroatoms. The van der Waals surface area contributed by atoms with Crippen LogP contribution in [0.15, 0.2) is 76.1 Å². The van der Waals surface area contributed by atoms with E-state index in [9.17, 15) is 9.59 Å². The number of carbonyl (C=O) groups is 2. The molecule has 4 heterocycles. The van der Waals surface area contributed by atoms with Gasteiger partial charge in [0.1, 0.15) is 16.1 Å². The van der Waals surface area contributed by atoms with Gasteiger partial charge in [-0.1, -0.05) is 23.7 Å². The van der Waals surface area contributed by atoms with Gasteiger partial charge in [-0.25, -0.2) is 9.67 Å². The standard InChI is InChI=1S/C27H25BrClN5O3/c28-24-17-23(34(32-24)26-22(29)4-1-13-30-26)27(36)33-14-11-19(12-15-33)18-5-7-20(8-6-18)31-25(35)10-9-21-3-2-16-37-21/h1-8,13,16-17,19H,9-12,14-15H2,(H,31,35). The second-order valence-corrected chi connectivity index (χ2v) is 10.1. The van der Waals surface area contributed by atoms with Crippen LogP contribution >= 0.6 is 27.5 Å². The lowest BCUT2D eigenvalue weighted by Crippen LogP contribution is -2.38. The van der Waals surface area contributed by atoms with Gasteiger partial charge in [-0.15, -0.1) is 0 Å². The molecule has 1 fully saturated rings. The van der Waals surface area contributed by atoms with Crippen molar-refractivity contribution in [2.75, 3.05) is 18.4 Å². The van der Waals surface area contributed by atoms with Crippen molar-refractivity contribution in [1.82, 2.24) is 19.7 Å². The molecule has 1 aliphatic rings. The van der Waals surface area contributed by atoms with Gasteiger partial charge in [-0.05, 0) is 76.7 Å². The van der Waals surface area contributed by atoms with Gasteiger partial charge >= 0.3 is 0 Å². The average molecular weight is 583 g/mol. The van der Waals surface area contributed by atoms with Crippen LogP contribution in [0.1, 0.15) is 47.0 Å². The van der Waals surface area contributed by atoms with Gasteiger partial charge in [-0.2, -0.15) is 5.10 Å². The Balaban J connectivity index is 1.17. The summed E-state index contributed by atoms with van der Waals surface area (Å²) in [5.74, 6) is 1.41. The molecule has 0 radical (unpaired) electrons. The number of halogens is 2. The predicted octanol–water partition coefficient (Wildman–Crippen LogP) is 5.87. The first-order valence-electron chi connectivity index (χ1n) is 12.1. The van der Waals surface area contributed by atoms with Gasteiger partial charge < -0.3 is 14.6 Å². The van der Waals surface area contributed by atoms with Crippen LogP contribution in [-0.2, 0) is 11.2 Å². The number of anilines is 1. The molecule has 190 valence electrons. The van der Waals surface area contributed by atoms with Crippen LogP contribution in [0.4, 0.5) is 5.69 Å². The molecule has 4 aromatic rings. The molecular formula is C27H25BrClN5O3. The van der Waals surface area contributed by atoms with E-state index in [-0.39, 0.29) is 11.8 Å². The molecule has 0 spiro atoms. The monoisotopic (exact) mass is 581 g/mol. The fourth-order valence-corrected chi connectivity index (χ4v) is 5.11. The van der Waals surface area contributed by atoms with Crippen LogP contribution in [-0.4, -0.2) is 44.6 Å². The molecule has 0 atom stereocenters. The molecule has 5 rings (SSSR count). The van der Waals surface area contributed by atoms with Crippen LogP contribution < -0.4 is 5.32 Å². The highest BCUT2D eigenvalue weighted by Crippen LogP contribution is 2.30. The molecular weight excluding hydrogens is 558 g/mol.